The largest absolute Gasteiger partial charge is 0.371 e. The first-order chi connectivity index (χ1) is 9.60. The molecule has 1 aromatic rings. The highest BCUT2D eigenvalue weighted by atomic mass is 79.9. The molecule has 0 spiro atoms. The van der Waals surface area contributed by atoms with Crippen LogP contribution in [0.15, 0.2) is 22.7 Å². The molecule has 1 saturated carbocycles. The average Bonchev–Trinajstić information content (AvgIpc) is 3.20. The molecule has 2 nitrogen and oxygen atoms in total. The fourth-order valence-electron chi connectivity index (χ4n) is 2.40. The molecule has 112 valence electrons. The number of nitrogens with one attached hydrogen (secondary N) is 1. The van der Waals surface area contributed by atoms with Crippen molar-refractivity contribution in [1.82, 2.24) is 5.32 Å². The van der Waals surface area contributed by atoms with Gasteiger partial charge in [-0.1, -0.05) is 42.8 Å². The van der Waals surface area contributed by atoms with E-state index in [1.165, 1.54) is 41.5 Å². The maximum atomic E-state index is 3.73. The Kier molecular flexibility index (Phi) is 5.91. The third kappa shape index (κ3) is 4.78. The van der Waals surface area contributed by atoms with Crippen LogP contribution in [0.5, 0.6) is 0 Å². The zero-order valence-electron chi connectivity index (χ0n) is 13.0. The van der Waals surface area contributed by atoms with Crippen LogP contribution in [0.4, 0.5) is 5.69 Å². The molecule has 0 amide bonds. The summed E-state index contributed by atoms with van der Waals surface area (Å²) < 4.78 is 1.22. The van der Waals surface area contributed by atoms with Gasteiger partial charge in [-0.15, -0.1) is 0 Å². The third-order valence-electron chi connectivity index (χ3n) is 3.77. The van der Waals surface area contributed by atoms with Crippen molar-refractivity contribution in [2.24, 2.45) is 5.92 Å². The molecule has 0 heterocycles. The molecule has 1 fully saturated rings. The van der Waals surface area contributed by atoms with Crippen LogP contribution in [0.2, 0.25) is 0 Å². The molecular formula is C17H27BrN2. The van der Waals surface area contributed by atoms with Crippen molar-refractivity contribution in [1.29, 1.82) is 0 Å². The SMILES string of the molecule is CCCN(CC1CC1)c1ccc(CNC(C)C)c(Br)c1. The van der Waals surface area contributed by atoms with Gasteiger partial charge in [0.25, 0.3) is 0 Å². The van der Waals surface area contributed by atoms with Crippen molar-refractivity contribution < 1.29 is 0 Å². The monoisotopic (exact) mass is 338 g/mol. The molecule has 1 N–H and O–H groups in total. The molecule has 0 aliphatic heterocycles. The molecule has 0 unspecified atom stereocenters. The number of benzene rings is 1. The number of nitrogens with zero attached hydrogens (tertiary/aromatic N) is 1. The molecule has 3 heteroatoms. The molecule has 0 saturated heterocycles. The summed E-state index contributed by atoms with van der Waals surface area (Å²) in [6, 6.07) is 7.34. The lowest BCUT2D eigenvalue weighted by molar-refractivity contribution is 0.588. The van der Waals surface area contributed by atoms with Crippen molar-refractivity contribution in [2.75, 3.05) is 18.0 Å². The van der Waals surface area contributed by atoms with Gasteiger partial charge in [0.2, 0.25) is 0 Å². The van der Waals surface area contributed by atoms with E-state index in [1.807, 2.05) is 0 Å². The molecule has 2 rings (SSSR count). The van der Waals surface area contributed by atoms with E-state index >= 15 is 0 Å². The fourth-order valence-corrected chi connectivity index (χ4v) is 2.91. The number of anilines is 1. The maximum Gasteiger partial charge on any atom is 0.0377 e. The Bertz CT molecular complexity index is 427. The van der Waals surface area contributed by atoms with E-state index in [-0.39, 0.29) is 0 Å². The quantitative estimate of drug-likeness (QED) is 0.746. The Hall–Kier alpha value is -0.540. The molecule has 1 aromatic carbocycles. The summed E-state index contributed by atoms with van der Waals surface area (Å²) in [5.74, 6) is 0.933. The number of halogens is 1. The van der Waals surface area contributed by atoms with Gasteiger partial charge in [-0.05, 0) is 42.9 Å². The highest BCUT2D eigenvalue weighted by molar-refractivity contribution is 9.10. The van der Waals surface area contributed by atoms with E-state index in [9.17, 15) is 0 Å². The fraction of sp³-hybridized carbons (Fsp3) is 0.647. The zero-order valence-corrected chi connectivity index (χ0v) is 14.5. The Labute approximate surface area is 132 Å². The summed E-state index contributed by atoms with van der Waals surface area (Å²) >= 11 is 3.73. The summed E-state index contributed by atoms with van der Waals surface area (Å²) in [6.07, 6.45) is 4.04. The molecule has 1 aliphatic carbocycles. The van der Waals surface area contributed by atoms with Crippen molar-refractivity contribution in [2.45, 2.75) is 52.6 Å². The smallest absolute Gasteiger partial charge is 0.0377 e. The van der Waals surface area contributed by atoms with Gasteiger partial charge in [0.15, 0.2) is 0 Å². The molecule has 0 atom stereocenters. The van der Waals surface area contributed by atoms with E-state index in [0.717, 1.165) is 19.0 Å². The summed E-state index contributed by atoms with van der Waals surface area (Å²) in [4.78, 5) is 2.54. The third-order valence-corrected chi connectivity index (χ3v) is 4.51. The van der Waals surface area contributed by atoms with E-state index in [2.05, 4.69) is 65.1 Å². The van der Waals surface area contributed by atoms with Gasteiger partial charge in [-0.25, -0.2) is 0 Å². The van der Waals surface area contributed by atoms with Gasteiger partial charge in [0.05, 0.1) is 0 Å². The predicted octanol–water partition coefficient (Wildman–Crippen LogP) is 4.57. The Morgan fingerprint density at radius 2 is 2.10 bits per heavy atom. The Morgan fingerprint density at radius 1 is 1.35 bits per heavy atom. The van der Waals surface area contributed by atoms with E-state index in [1.54, 1.807) is 0 Å². The highest BCUT2D eigenvalue weighted by Crippen LogP contribution is 2.32. The molecule has 0 bridgehead atoms. The molecule has 1 aliphatic rings. The van der Waals surface area contributed by atoms with Crippen molar-refractivity contribution in [3.8, 4) is 0 Å². The highest BCUT2D eigenvalue weighted by Gasteiger charge is 2.24. The number of hydrogen-bond acceptors (Lipinski definition) is 2. The van der Waals surface area contributed by atoms with Crippen LogP contribution >= 0.6 is 15.9 Å². The molecule has 0 radical (unpaired) electrons. The van der Waals surface area contributed by atoms with Crippen molar-refractivity contribution in [3.63, 3.8) is 0 Å². The summed E-state index contributed by atoms with van der Waals surface area (Å²) in [7, 11) is 0. The van der Waals surface area contributed by atoms with Gasteiger partial charge in [-0.2, -0.15) is 0 Å². The average molecular weight is 339 g/mol. The first-order valence-corrected chi connectivity index (χ1v) is 8.66. The molecule has 20 heavy (non-hydrogen) atoms. The van der Waals surface area contributed by atoms with Gasteiger partial charge < -0.3 is 10.2 Å². The standard InChI is InChI=1S/C17H27BrN2/c1-4-9-20(12-14-5-6-14)16-8-7-15(17(18)10-16)11-19-13(2)3/h7-8,10,13-14,19H,4-6,9,11-12H2,1-3H3. The van der Waals surface area contributed by atoms with Crippen LogP contribution < -0.4 is 10.2 Å². The van der Waals surface area contributed by atoms with Crippen LogP contribution in [0, 0.1) is 5.92 Å². The first-order valence-electron chi connectivity index (χ1n) is 7.87. The van der Waals surface area contributed by atoms with Crippen LogP contribution in [-0.2, 0) is 6.54 Å². The molecule has 0 aromatic heterocycles. The van der Waals surface area contributed by atoms with Crippen LogP contribution in [0.3, 0.4) is 0 Å². The Morgan fingerprint density at radius 3 is 2.65 bits per heavy atom. The Balaban J connectivity index is 2.04. The van der Waals surface area contributed by atoms with Crippen molar-refractivity contribution in [3.05, 3.63) is 28.2 Å². The maximum absolute atomic E-state index is 3.73. The lowest BCUT2D eigenvalue weighted by atomic mass is 10.1. The van der Waals surface area contributed by atoms with Gasteiger partial charge in [0.1, 0.15) is 0 Å². The minimum Gasteiger partial charge on any atom is -0.371 e. The van der Waals surface area contributed by atoms with Crippen LogP contribution in [-0.4, -0.2) is 19.1 Å². The zero-order chi connectivity index (χ0) is 14.5. The van der Waals surface area contributed by atoms with Crippen molar-refractivity contribution >= 4 is 21.6 Å². The van der Waals surface area contributed by atoms with E-state index in [0.29, 0.717) is 6.04 Å². The summed E-state index contributed by atoms with van der Waals surface area (Å²) in [5, 5.41) is 3.48. The molecular weight excluding hydrogens is 312 g/mol. The lowest BCUT2D eigenvalue weighted by Gasteiger charge is -2.25. The normalized spacial score (nSPS) is 14.8. The van der Waals surface area contributed by atoms with Gasteiger partial charge >= 0.3 is 0 Å². The second kappa shape index (κ2) is 7.46. The topological polar surface area (TPSA) is 15.3 Å². The second-order valence-electron chi connectivity index (χ2n) is 6.20. The number of rotatable bonds is 8. The summed E-state index contributed by atoms with van der Waals surface area (Å²) in [5.41, 5.74) is 2.70. The predicted molar refractivity (Wildman–Crippen MR) is 91.3 cm³/mol. The van der Waals surface area contributed by atoms with Gasteiger partial charge in [-0.3, -0.25) is 0 Å². The summed E-state index contributed by atoms with van der Waals surface area (Å²) in [6.45, 7) is 9.93. The van der Waals surface area contributed by atoms with Crippen LogP contribution in [0.1, 0.15) is 45.6 Å². The first kappa shape index (κ1) is 15.8. The van der Waals surface area contributed by atoms with E-state index in [4.69, 9.17) is 0 Å². The van der Waals surface area contributed by atoms with Crippen LogP contribution in [0.25, 0.3) is 0 Å². The second-order valence-corrected chi connectivity index (χ2v) is 7.06. The minimum absolute atomic E-state index is 0.521. The lowest BCUT2D eigenvalue weighted by Crippen LogP contribution is -2.26. The van der Waals surface area contributed by atoms with E-state index < -0.39 is 0 Å². The minimum atomic E-state index is 0.521. The van der Waals surface area contributed by atoms with Gasteiger partial charge in [0, 0.05) is 35.8 Å². The number of hydrogen-bond donors (Lipinski definition) is 1.